The number of fused-ring (bicyclic) bond motifs is 1. The number of sulfonamides is 1. The topological polar surface area (TPSA) is 77.7 Å². The lowest BCUT2D eigenvalue weighted by atomic mass is 10.3. The largest absolute Gasteiger partial charge is 0.465 e. The molecule has 1 heterocycles. The van der Waals surface area contributed by atoms with Crippen LogP contribution in [0.2, 0.25) is 10.0 Å². The summed E-state index contributed by atoms with van der Waals surface area (Å²) in [5.41, 5.74) is 0.375. The Morgan fingerprint density at radius 2 is 1.82 bits per heavy atom. The monoisotopic (exact) mass is 462 g/mol. The fraction of sp³-hybridized carbons (Fsp3) is 0.176. The first kappa shape index (κ1) is 20.8. The number of benzene rings is 2. The number of hydrogen-bond donors (Lipinski definition) is 0. The second-order valence-corrected chi connectivity index (χ2v) is 8.90. The number of esters is 1. The van der Waals surface area contributed by atoms with Crippen molar-refractivity contribution in [2.75, 3.05) is 6.61 Å². The van der Waals surface area contributed by atoms with E-state index in [1.807, 2.05) is 0 Å². The van der Waals surface area contributed by atoms with Crippen LogP contribution in [0.4, 0.5) is 4.39 Å². The molecule has 0 bridgehead atoms. The Hall–Kier alpha value is -1.94. The number of aromatic nitrogens is 1. The number of thiazole rings is 1. The Labute approximate surface area is 173 Å². The van der Waals surface area contributed by atoms with Gasteiger partial charge in [-0.25, -0.2) is 4.39 Å². The van der Waals surface area contributed by atoms with E-state index in [9.17, 15) is 17.6 Å². The number of rotatable bonds is 5. The molecule has 3 aromatic rings. The number of hydrogen-bond acceptors (Lipinski definition) is 5. The first-order valence-electron chi connectivity index (χ1n) is 7.92. The van der Waals surface area contributed by atoms with E-state index in [1.54, 1.807) is 19.1 Å². The van der Waals surface area contributed by atoms with Crippen LogP contribution in [0.25, 0.3) is 10.2 Å². The lowest BCUT2D eigenvalue weighted by molar-refractivity contribution is -0.143. The van der Waals surface area contributed by atoms with E-state index < -0.39 is 21.8 Å². The lowest BCUT2D eigenvalue weighted by Crippen LogP contribution is -2.23. The maximum absolute atomic E-state index is 13.1. The second-order valence-electron chi connectivity index (χ2n) is 5.50. The highest BCUT2D eigenvalue weighted by atomic mass is 35.5. The summed E-state index contributed by atoms with van der Waals surface area (Å²) in [5.74, 6) is -1.16. The third-order valence-corrected chi connectivity index (χ3v) is 6.87. The van der Waals surface area contributed by atoms with Gasteiger partial charge in [-0.05, 0) is 43.3 Å². The molecule has 0 aliphatic heterocycles. The van der Waals surface area contributed by atoms with Gasteiger partial charge >= 0.3 is 5.97 Å². The minimum Gasteiger partial charge on any atom is -0.465 e. The van der Waals surface area contributed by atoms with Crippen molar-refractivity contribution in [2.45, 2.75) is 18.4 Å². The zero-order valence-corrected chi connectivity index (χ0v) is 17.5. The molecule has 0 spiro atoms. The maximum Gasteiger partial charge on any atom is 0.326 e. The molecule has 148 valence electrons. The van der Waals surface area contributed by atoms with Crippen molar-refractivity contribution in [3.8, 4) is 0 Å². The molecule has 0 unspecified atom stereocenters. The van der Waals surface area contributed by atoms with Crippen LogP contribution in [-0.4, -0.2) is 25.6 Å². The van der Waals surface area contributed by atoms with E-state index in [-0.39, 0.29) is 27.9 Å². The summed E-state index contributed by atoms with van der Waals surface area (Å²) in [5, 5.41) is 0.614. The fourth-order valence-corrected chi connectivity index (χ4v) is 5.27. The molecule has 2 aromatic carbocycles. The van der Waals surface area contributed by atoms with Gasteiger partial charge in [-0.1, -0.05) is 34.5 Å². The Kier molecular flexibility index (Phi) is 6.09. The summed E-state index contributed by atoms with van der Waals surface area (Å²) in [6, 6.07) is 7.37. The summed E-state index contributed by atoms with van der Waals surface area (Å²) in [7, 11) is -4.16. The highest BCUT2D eigenvalue weighted by Gasteiger charge is 2.19. The Morgan fingerprint density at radius 1 is 1.18 bits per heavy atom. The van der Waals surface area contributed by atoms with Crippen LogP contribution >= 0.6 is 34.5 Å². The molecule has 0 aliphatic rings. The zero-order valence-electron chi connectivity index (χ0n) is 14.4. The number of ether oxygens (including phenoxy) is 1. The molecule has 0 atom stereocenters. The lowest BCUT2D eigenvalue weighted by Gasteiger charge is -2.06. The average molecular weight is 463 g/mol. The van der Waals surface area contributed by atoms with Crippen LogP contribution in [0.3, 0.4) is 0 Å². The molecule has 6 nitrogen and oxygen atoms in total. The zero-order chi connectivity index (χ0) is 20.5. The SMILES string of the molecule is CCOC(=O)Cn1/c(=N/S(=O)(=O)c2ccc(F)cc2)sc2c(Cl)ccc(Cl)c21. The predicted octanol–water partition coefficient (Wildman–Crippen LogP) is 4.00. The van der Waals surface area contributed by atoms with Crippen LogP contribution < -0.4 is 4.80 Å². The van der Waals surface area contributed by atoms with Gasteiger partial charge in [0.1, 0.15) is 12.4 Å². The molecule has 0 amide bonds. The first-order valence-corrected chi connectivity index (χ1v) is 10.9. The Bertz CT molecular complexity index is 1220. The van der Waals surface area contributed by atoms with Gasteiger partial charge in [0.05, 0.1) is 31.8 Å². The quantitative estimate of drug-likeness (QED) is 0.536. The average Bonchev–Trinajstić information content (AvgIpc) is 2.97. The van der Waals surface area contributed by atoms with E-state index in [0.29, 0.717) is 15.2 Å². The minimum absolute atomic E-state index is 0.0117. The summed E-state index contributed by atoms with van der Waals surface area (Å²) >= 11 is 13.4. The van der Waals surface area contributed by atoms with Gasteiger partial charge in [0, 0.05) is 0 Å². The van der Waals surface area contributed by atoms with Crippen molar-refractivity contribution in [1.82, 2.24) is 4.57 Å². The molecule has 11 heteroatoms. The minimum atomic E-state index is -4.16. The summed E-state index contributed by atoms with van der Waals surface area (Å²) in [6.45, 7) is 1.52. The van der Waals surface area contributed by atoms with Crippen molar-refractivity contribution >= 4 is 60.7 Å². The van der Waals surface area contributed by atoms with E-state index in [0.717, 1.165) is 35.6 Å². The van der Waals surface area contributed by atoms with E-state index in [2.05, 4.69) is 4.40 Å². The van der Waals surface area contributed by atoms with Crippen LogP contribution in [0.15, 0.2) is 45.7 Å². The van der Waals surface area contributed by atoms with Crippen molar-refractivity contribution in [3.63, 3.8) is 0 Å². The molecule has 0 aliphatic carbocycles. The molecule has 3 rings (SSSR count). The molecule has 0 fully saturated rings. The molecule has 0 saturated carbocycles. The molecule has 0 radical (unpaired) electrons. The van der Waals surface area contributed by atoms with E-state index in [1.165, 1.54) is 4.57 Å². The highest BCUT2D eigenvalue weighted by Crippen LogP contribution is 2.32. The standard InChI is InChI=1S/C17H13Cl2FN2O4S2/c1-2-26-14(23)9-22-15-12(18)7-8-13(19)16(15)27-17(22)21-28(24,25)11-5-3-10(20)4-6-11/h3-8H,2,9H2,1H3/b21-17-. The molecule has 1 aromatic heterocycles. The van der Waals surface area contributed by atoms with Gasteiger partial charge < -0.3 is 9.30 Å². The molecular weight excluding hydrogens is 450 g/mol. The summed E-state index contributed by atoms with van der Waals surface area (Å²) < 4.78 is 49.0. The van der Waals surface area contributed by atoms with Gasteiger partial charge in [-0.15, -0.1) is 4.40 Å². The third kappa shape index (κ3) is 4.22. The van der Waals surface area contributed by atoms with E-state index in [4.69, 9.17) is 27.9 Å². The highest BCUT2D eigenvalue weighted by molar-refractivity contribution is 7.90. The number of carbonyl (C=O) groups excluding carboxylic acids is 1. The molecule has 28 heavy (non-hydrogen) atoms. The van der Waals surface area contributed by atoms with Crippen LogP contribution in [0.5, 0.6) is 0 Å². The maximum atomic E-state index is 13.1. The van der Waals surface area contributed by atoms with Gasteiger partial charge in [-0.3, -0.25) is 4.79 Å². The van der Waals surface area contributed by atoms with Crippen LogP contribution in [0, 0.1) is 5.82 Å². The first-order chi connectivity index (χ1) is 13.2. The Morgan fingerprint density at radius 3 is 2.46 bits per heavy atom. The third-order valence-electron chi connectivity index (χ3n) is 3.63. The summed E-state index contributed by atoms with van der Waals surface area (Å²) in [6.07, 6.45) is 0. The van der Waals surface area contributed by atoms with Crippen LogP contribution in [-0.2, 0) is 26.1 Å². The van der Waals surface area contributed by atoms with E-state index >= 15 is 0 Å². The second kappa shape index (κ2) is 8.20. The molecule has 0 saturated heterocycles. The summed E-state index contributed by atoms with van der Waals surface area (Å²) in [4.78, 5) is 11.8. The molecular formula is C17H13Cl2FN2O4S2. The fourth-order valence-electron chi connectivity index (χ4n) is 2.43. The van der Waals surface area contributed by atoms with Crippen molar-refractivity contribution in [3.05, 3.63) is 57.1 Å². The number of nitrogens with zero attached hydrogens (tertiary/aromatic N) is 2. The molecule has 0 N–H and O–H groups in total. The predicted molar refractivity (Wildman–Crippen MR) is 106 cm³/mol. The number of halogens is 3. The van der Waals surface area contributed by atoms with Crippen LogP contribution in [0.1, 0.15) is 6.92 Å². The van der Waals surface area contributed by atoms with Crippen molar-refractivity contribution < 1.29 is 22.3 Å². The smallest absolute Gasteiger partial charge is 0.326 e. The van der Waals surface area contributed by atoms with Gasteiger partial charge in [0.2, 0.25) is 4.80 Å². The van der Waals surface area contributed by atoms with Gasteiger partial charge in [0.25, 0.3) is 10.0 Å². The number of carbonyl (C=O) groups is 1. The Balaban J connectivity index is 2.26. The van der Waals surface area contributed by atoms with Crippen molar-refractivity contribution in [1.29, 1.82) is 0 Å². The van der Waals surface area contributed by atoms with Gasteiger partial charge in [0.15, 0.2) is 0 Å². The van der Waals surface area contributed by atoms with Crippen molar-refractivity contribution in [2.24, 2.45) is 4.40 Å². The van der Waals surface area contributed by atoms with Gasteiger partial charge in [-0.2, -0.15) is 8.42 Å². The normalized spacial score (nSPS) is 12.5.